The monoisotopic (exact) mass is 786 g/mol. The van der Waals surface area contributed by atoms with Gasteiger partial charge in [0.1, 0.15) is 23.6 Å². The minimum atomic E-state index is -1.81. The van der Waals surface area contributed by atoms with Gasteiger partial charge in [-0.2, -0.15) is 5.26 Å². The number of methoxy groups -OCH3 is 1. The Balaban J connectivity index is 1.54. The number of rotatable bonds is 17. The molecule has 1 aromatic heterocycles. The van der Waals surface area contributed by atoms with E-state index in [4.69, 9.17) is 28.0 Å². The number of hydrogen-bond acceptors (Lipinski definition) is 11. The average molecular weight is 787 g/mol. The van der Waals surface area contributed by atoms with Crippen LogP contribution in [-0.4, -0.2) is 75.1 Å². The molecule has 3 heterocycles. The summed E-state index contributed by atoms with van der Waals surface area (Å²) in [6, 6.07) is 28.6. The zero-order chi connectivity index (χ0) is 40.3. The summed E-state index contributed by atoms with van der Waals surface area (Å²) < 4.78 is 43.9. The third kappa shape index (κ3) is 7.73. The summed E-state index contributed by atoms with van der Waals surface area (Å²) in [5.41, 5.74) is -1.75. The molecule has 0 spiro atoms. The van der Waals surface area contributed by atoms with Crippen LogP contribution in [0.3, 0.4) is 0 Å². The highest BCUT2D eigenvalue weighted by Crippen LogP contribution is 2.60. The Kier molecular flexibility index (Phi) is 12.6. The lowest BCUT2D eigenvalue weighted by Gasteiger charge is -2.46. The lowest BCUT2D eigenvalue weighted by atomic mass is 9.78. The lowest BCUT2D eigenvalue weighted by Crippen LogP contribution is -2.59. The van der Waals surface area contributed by atoms with Crippen LogP contribution in [0.25, 0.3) is 0 Å². The maximum Gasteiger partial charge on any atom is 0.330 e. The topological polar surface area (TPSA) is 158 Å². The molecule has 298 valence electrons. The number of nitriles is 1. The number of hydrogen-bond donors (Lipinski definition) is 2. The summed E-state index contributed by atoms with van der Waals surface area (Å²) in [6.07, 6.45) is -1.17. The van der Waals surface area contributed by atoms with E-state index in [2.05, 4.69) is 43.4 Å². The number of fused-ring (bicyclic) bond motifs is 2. The van der Waals surface area contributed by atoms with Crippen molar-refractivity contribution >= 4 is 8.53 Å². The van der Waals surface area contributed by atoms with Gasteiger partial charge in [0.15, 0.2) is 11.8 Å². The van der Waals surface area contributed by atoms with Gasteiger partial charge < -0.3 is 33.1 Å². The van der Waals surface area contributed by atoms with Gasteiger partial charge >= 0.3 is 5.69 Å². The number of ether oxygens (including phenoxy) is 4. The van der Waals surface area contributed by atoms with Gasteiger partial charge in [0.25, 0.3) is 14.1 Å². The number of H-pyrrole nitrogens is 1. The summed E-state index contributed by atoms with van der Waals surface area (Å²) in [7, 11) is -0.198. The molecule has 2 unspecified atom stereocenters. The zero-order valence-corrected chi connectivity index (χ0v) is 33.8. The van der Waals surface area contributed by atoms with Gasteiger partial charge in [-0.1, -0.05) is 66.7 Å². The van der Waals surface area contributed by atoms with E-state index in [0.717, 1.165) is 22.3 Å². The third-order valence-corrected chi connectivity index (χ3v) is 12.6. The minimum absolute atomic E-state index is 0.00427. The summed E-state index contributed by atoms with van der Waals surface area (Å²) in [5.74, 6) is 0.671. The van der Waals surface area contributed by atoms with E-state index in [1.165, 1.54) is 16.8 Å². The maximum absolute atomic E-state index is 13.3. The molecular weight excluding hydrogens is 735 g/mol. The molecule has 0 saturated carbocycles. The molecule has 6 atom stereocenters. The van der Waals surface area contributed by atoms with E-state index in [1.807, 2.05) is 92.7 Å². The van der Waals surface area contributed by atoms with E-state index < -0.39 is 55.0 Å². The van der Waals surface area contributed by atoms with Gasteiger partial charge in [-0.25, -0.2) is 9.46 Å². The van der Waals surface area contributed by atoms with Crippen LogP contribution < -0.4 is 16.0 Å². The first-order chi connectivity index (χ1) is 26.8. The van der Waals surface area contributed by atoms with E-state index in [-0.39, 0.29) is 38.3 Å². The second kappa shape index (κ2) is 17.1. The molecule has 2 N–H and O–H groups in total. The molecule has 0 aliphatic carbocycles. The van der Waals surface area contributed by atoms with Gasteiger partial charge in [0, 0.05) is 24.3 Å². The van der Waals surface area contributed by atoms with Crippen molar-refractivity contribution in [1.29, 1.82) is 5.26 Å². The van der Waals surface area contributed by atoms with E-state index >= 15 is 0 Å². The Morgan fingerprint density at radius 3 is 2.14 bits per heavy atom. The second-order valence-corrected chi connectivity index (χ2v) is 16.4. The first-order valence-corrected chi connectivity index (χ1v) is 19.9. The maximum atomic E-state index is 13.3. The largest absolute Gasteiger partial charge is 0.497 e. The summed E-state index contributed by atoms with van der Waals surface area (Å²) in [5, 5.41) is 19.4. The van der Waals surface area contributed by atoms with Crippen molar-refractivity contribution in [3.8, 4) is 11.8 Å². The van der Waals surface area contributed by atoms with Crippen LogP contribution in [0.4, 0.5) is 0 Å². The Labute approximate surface area is 328 Å². The molecule has 3 aromatic carbocycles. The quantitative estimate of drug-likeness (QED) is 0.0719. The van der Waals surface area contributed by atoms with Crippen LogP contribution in [0.15, 0.2) is 101 Å². The Morgan fingerprint density at radius 1 is 0.946 bits per heavy atom. The normalized spacial score (nSPS) is 23.0. The average Bonchev–Trinajstić information content (AvgIpc) is 3.59. The first kappa shape index (κ1) is 41.4. The van der Waals surface area contributed by atoms with Gasteiger partial charge in [-0.05, 0) is 75.9 Å². The van der Waals surface area contributed by atoms with Crippen LogP contribution in [0.1, 0.15) is 76.4 Å². The minimum Gasteiger partial charge on any atom is -0.497 e. The highest BCUT2D eigenvalue weighted by Gasteiger charge is 2.73. The van der Waals surface area contributed by atoms with Crippen molar-refractivity contribution in [3.63, 3.8) is 0 Å². The fraction of sp³-hybridized carbons (Fsp3) is 0.452. The highest BCUT2D eigenvalue weighted by atomic mass is 31.2. The van der Waals surface area contributed by atoms with E-state index in [1.54, 1.807) is 7.11 Å². The van der Waals surface area contributed by atoms with Crippen LogP contribution in [-0.2, 0) is 35.5 Å². The molecule has 2 fully saturated rings. The molecule has 14 heteroatoms. The Bertz CT molecular complexity index is 2030. The third-order valence-electron chi connectivity index (χ3n) is 10.5. The smallest absolute Gasteiger partial charge is 0.330 e. The molecule has 2 saturated heterocycles. The number of nitrogens with one attached hydrogen (secondary N) is 1. The first-order valence-electron chi connectivity index (χ1n) is 18.8. The number of aliphatic hydroxyl groups excluding tert-OH is 1. The zero-order valence-electron chi connectivity index (χ0n) is 32.9. The molecule has 13 nitrogen and oxygen atoms in total. The molecule has 0 amide bonds. The molecule has 2 aliphatic heterocycles. The Morgan fingerprint density at radius 2 is 1.57 bits per heavy atom. The van der Waals surface area contributed by atoms with E-state index in [0.29, 0.717) is 5.75 Å². The van der Waals surface area contributed by atoms with Crippen LogP contribution in [0.2, 0.25) is 0 Å². The van der Waals surface area contributed by atoms with Crippen molar-refractivity contribution in [2.24, 2.45) is 0 Å². The lowest BCUT2D eigenvalue weighted by molar-refractivity contribution is -0.268. The number of nitrogens with zero attached hydrogens (tertiary/aromatic N) is 3. The molecule has 2 bridgehead atoms. The molecule has 4 aromatic rings. The van der Waals surface area contributed by atoms with Crippen molar-refractivity contribution in [2.75, 3.05) is 20.3 Å². The van der Waals surface area contributed by atoms with Crippen molar-refractivity contribution in [2.45, 2.75) is 102 Å². The Hall–Kier alpha value is -4.22. The molecule has 2 aliphatic rings. The van der Waals surface area contributed by atoms with Gasteiger partial charge in [0.2, 0.25) is 0 Å². The number of benzene rings is 3. The van der Waals surface area contributed by atoms with E-state index in [9.17, 15) is 20.0 Å². The molecule has 6 rings (SSSR count). The molecule has 0 radical (unpaired) electrons. The van der Waals surface area contributed by atoms with Gasteiger partial charge in [-0.3, -0.25) is 14.3 Å². The number of aromatic amines is 1. The summed E-state index contributed by atoms with van der Waals surface area (Å²) >= 11 is 0. The summed E-state index contributed by atoms with van der Waals surface area (Å²) in [6.45, 7) is 12.0. The van der Waals surface area contributed by atoms with Crippen LogP contribution in [0.5, 0.6) is 5.75 Å². The predicted molar refractivity (Wildman–Crippen MR) is 211 cm³/mol. The molecular formula is C42H51N4O9P. The fourth-order valence-corrected chi connectivity index (χ4v) is 9.58. The van der Waals surface area contributed by atoms with Crippen LogP contribution in [0, 0.1) is 11.3 Å². The second-order valence-electron chi connectivity index (χ2n) is 15.0. The van der Waals surface area contributed by atoms with Crippen molar-refractivity contribution in [1.82, 2.24) is 14.2 Å². The van der Waals surface area contributed by atoms with Crippen molar-refractivity contribution in [3.05, 3.63) is 134 Å². The van der Waals surface area contributed by atoms with Crippen molar-refractivity contribution < 1.29 is 33.1 Å². The standard InChI is InChI=1S/C42H51N4O9P/c1-28(2)46(29(3)4)56(52-25-11-23-43)55-37-36-38(45-24-22-35(48)44-39(45)49)54-41(37,40(5,6)53-36)27-51-42(31-12-9-8-10-13-31,32-16-14-30(26-47)15-17-32)33-18-20-34(50-7)21-19-33/h8-10,12-22,24,28-29,36-38,47H,11,25-27H2,1-7H3,(H,44,48,49)/t36-,37+,38-,41-,42?,56?/m1/s1. The molecule has 56 heavy (non-hydrogen) atoms. The van der Waals surface area contributed by atoms with Gasteiger partial charge in [-0.15, -0.1) is 0 Å². The fourth-order valence-electron chi connectivity index (χ4n) is 7.79. The summed E-state index contributed by atoms with van der Waals surface area (Å²) in [4.78, 5) is 27.9. The van der Waals surface area contributed by atoms with Gasteiger partial charge in [0.05, 0.1) is 45.0 Å². The number of aromatic nitrogens is 2. The predicted octanol–water partition coefficient (Wildman–Crippen LogP) is 6.15. The van der Waals surface area contributed by atoms with Crippen LogP contribution >= 0.6 is 8.53 Å². The SMILES string of the molecule is COc1ccc(C(OC[C@]23O[C@@H](n4ccc(=O)[nH]c4=O)[C@H](OC2(C)C)[C@@H]3OP(OCCC#N)N(C(C)C)C(C)C)(c2ccccc2)c2ccc(CO)cc2)cc1. The highest BCUT2D eigenvalue weighted by molar-refractivity contribution is 7.44. The number of aliphatic hydroxyl groups is 1.